The highest BCUT2D eigenvalue weighted by Gasteiger charge is 2.36. The molecule has 2 aromatic heterocycles. The van der Waals surface area contributed by atoms with Gasteiger partial charge in [-0.25, -0.2) is 0 Å². The molecule has 0 saturated carbocycles. The predicted molar refractivity (Wildman–Crippen MR) is 148 cm³/mol. The number of rotatable bonds is 2. The molecule has 2 N–H and O–H groups in total. The van der Waals surface area contributed by atoms with Gasteiger partial charge in [-0.1, -0.05) is 35.3 Å². The zero-order valence-electron chi connectivity index (χ0n) is 19.4. The standard InChI is InChI=1S/C29H15Cl2N3O4/c30-13-5-7-21-16(9-13)26(35)17-10-24-18(11-23(17)32-21)27(36)25-19(20(31)6-8-22(25)33-24)12-34-28(37)14-3-1-2-4-15(14)29(34)38/h1-11H,12H2,(H,32,35)(H,33,36). The van der Waals surface area contributed by atoms with E-state index < -0.39 is 11.8 Å². The fourth-order valence-electron chi connectivity index (χ4n) is 5.25. The van der Waals surface area contributed by atoms with Gasteiger partial charge in [0.25, 0.3) is 11.8 Å². The Labute approximate surface area is 223 Å². The Morgan fingerprint density at radius 1 is 0.632 bits per heavy atom. The number of H-pyrrole nitrogens is 2. The van der Waals surface area contributed by atoms with E-state index >= 15 is 0 Å². The highest BCUT2D eigenvalue weighted by atomic mass is 35.5. The maximum Gasteiger partial charge on any atom is 0.261 e. The van der Waals surface area contributed by atoms with Crippen molar-refractivity contribution < 1.29 is 9.59 Å². The molecule has 0 unspecified atom stereocenters. The lowest BCUT2D eigenvalue weighted by molar-refractivity contribution is 0.0643. The summed E-state index contributed by atoms with van der Waals surface area (Å²) in [7, 11) is 0. The fraction of sp³-hybridized carbons (Fsp3) is 0.0345. The lowest BCUT2D eigenvalue weighted by atomic mass is 10.0. The molecule has 0 radical (unpaired) electrons. The monoisotopic (exact) mass is 539 g/mol. The van der Waals surface area contributed by atoms with E-state index in [1.165, 1.54) is 0 Å². The molecule has 184 valence electrons. The lowest BCUT2D eigenvalue weighted by Crippen LogP contribution is -2.29. The number of pyridine rings is 2. The summed E-state index contributed by atoms with van der Waals surface area (Å²) in [5.74, 6) is -0.877. The molecular formula is C29H15Cl2N3O4. The number of carbonyl (C=O) groups excluding carboxylic acids is 2. The van der Waals surface area contributed by atoms with E-state index in [4.69, 9.17) is 23.2 Å². The van der Waals surface area contributed by atoms with E-state index in [0.29, 0.717) is 59.9 Å². The van der Waals surface area contributed by atoms with Crippen molar-refractivity contribution >= 4 is 78.6 Å². The average Bonchev–Trinajstić information content (AvgIpc) is 3.15. The van der Waals surface area contributed by atoms with Crippen LogP contribution in [0.1, 0.15) is 26.3 Å². The van der Waals surface area contributed by atoms with E-state index in [2.05, 4.69) is 9.97 Å². The van der Waals surface area contributed by atoms with Gasteiger partial charge in [0.2, 0.25) is 0 Å². The highest BCUT2D eigenvalue weighted by molar-refractivity contribution is 6.32. The Hall–Kier alpha value is -4.46. The van der Waals surface area contributed by atoms with Crippen molar-refractivity contribution in [2.24, 2.45) is 0 Å². The summed E-state index contributed by atoms with van der Waals surface area (Å²) in [5, 5.41) is 2.17. The number of hydrogen-bond donors (Lipinski definition) is 2. The maximum atomic E-state index is 13.9. The largest absolute Gasteiger partial charge is 0.354 e. The molecule has 0 aliphatic carbocycles. The second-order valence-electron chi connectivity index (χ2n) is 9.23. The van der Waals surface area contributed by atoms with Gasteiger partial charge in [0, 0.05) is 37.3 Å². The molecule has 38 heavy (non-hydrogen) atoms. The summed E-state index contributed by atoms with van der Waals surface area (Å²) in [6, 6.07) is 18.1. The van der Waals surface area contributed by atoms with Crippen molar-refractivity contribution in [2.75, 3.05) is 0 Å². The van der Waals surface area contributed by atoms with Crippen molar-refractivity contribution in [1.82, 2.24) is 14.9 Å². The Kier molecular flexibility index (Phi) is 4.79. The number of benzene rings is 4. The molecule has 0 fully saturated rings. The zero-order valence-corrected chi connectivity index (χ0v) is 20.9. The Balaban J connectivity index is 1.46. The third kappa shape index (κ3) is 3.16. The molecule has 3 heterocycles. The number of hydrogen-bond acceptors (Lipinski definition) is 4. The van der Waals surface area contributed by atoms with Gasteiger partial charge in [0.1, 0.15) is 0 Å². The molecule has 1 aliphatic heterocycles. The van der Waals surface area contributed by atoms with Crippen LogP contribution in [0.15, 0.2) is 76.3 Å². The Morgan fingerprint density at radius 2 is 1.21 bits per heavy atom. The van der Waals surface area contributed by atoms with Crippen molar-refractivity contribution in [3.63, 3.8) is 0 Å². The van der Waals surface area contributed by atoms with Crippen molar-refractivity contribution in [3.05, 3.63) is 114 Å². The molecule has 0 spiro atoms. The molecule has 7 rings (SSSR count). The number of carbonyl (C=O) groups is 2. The minimum absolute atomic E-state index is 0.160. The summed E-state index contributed by atoms with van der Waals surface area (Å²) in [6.07, 6.45) is 0. The van der Waals surface area contributed by atoms with Gasteiger partial charge in [0.05, 0.1) is 39.6 Å². The van der Waals surface area contributed by atoms with E-state index in [0.717, 1.165) is 4.90 Å². The van der Waals surface area contributed by atoms with Gasteiger partial charge in [-0.05, 0) is 54.6 Å². The molecule has 7 nitrogen and oxygen atoms in total. The molecular weight excluding hydrogens is 525 g/mol. The van der Waals surface area contributed by atoms with E-state index in [1.54, 1.807) is 66.7 Å². The predicted octanol–water partition coefficient (Wildman–Crippen LogP) is 5.78. The van der Waals surface area contributed by atoms with Gasteiger partial charge in [-0.3, -0.25) is 24.1 Å². The molecule has 0 bridgehead atoms. The van der Waals surface area contributed by atoms with Crippen LogP contribution in [0.25, 0.3) is 43.6 Å². The third-order valence-electron chi connectivity index (χ3n) is 7.09. The Bertz CT molecular complexity index is 2150. The number of fused-ring (bicyclic) bond motifs is 5. The normalized spacial score (nSPS) is 13.4. The van der Waals surface area contributed by atoms with Crippen molar-refractivity contribution in [1.29, 1.82) is 0 Å². The van der Waals surface area contributed by atoms with Crippen LogP contribution in [0.2, 0.25) is 10.0 Å². The number of aromatic nitrogens is 2. The third-order valence-corrected chi connectivity index (χ3v) is 7.68. The molecule has 4 aromatic carbocycles. The second-order valence-corrected chi connectivity index (χ2v) is 10.1. The SMILES string of the molecule is O=C1c2ccccc2C(=O)N1Cc1c(Cl)ccc2[nH]c3cc4c(=O)c5cc(Cl)ccc5[nH]c4cc3c(=O)c12. The first-order chi connectivity index (χ1) is 18.3. The highest BCUT2D eigenvalue weighted by Crippen LogP contribution is 2.31. The average molecular weight is 540 g/mol. The lowest BCUT2D eigenvalue weighted by Gasteiger charge is -2.17. The quantitative estimate of drug-likeness (QED) is 0.215. The van der Waals surface area contributed by atoms with E-state index in [-0.39, 0.29) is 27.8 Å². The van der Waals surface area contributed by atoms with Crippen LogP contribution < -0.4 is 10.9 Å². The number of amides is 2. The number of halogens is 2. The smallest absolute Gasteiger partial charge is 0.261 e. The number of aromatic amines is 2. The zero-order chi connectivity index (χ0) is 26.3. The minimum Gasteiger partial charge on any atom is -0.354 e. The topological polar surface area (TPSA) is 103 Å². The van der Waals surface area contributed by atoms with Crippen molar-refractivity contribution in [2.45, 2.75) is 6.54 Å². The van der Waals surface area contributed by atoms with Gasteiger partial charge >= 0.3 is 0 Å². The molecule has 9 heteroatoms. The van der Waals surface area contributed by atoms with Crippen LogP contribution in [0.3, 0.4) is 0 Å². The molecule has 2 amide bonds. The first-order valence-electron chi connectivity index (χ1n) is 11.7. The Morgan fingerprint density at radius 3 is 1.89 bits per heavy atom. The van der Waals surface area contributed by atoms with Crippen LogP contribution in [-0.2, 0) is 6.54 Å². The maximum absolute atomic E-state index is 13.9. The number of nitrogens with zero attached hydrogens (tertiary/aromatic N) is 1. The van der Waals surface area contributed by atoms with E-state index in [1.807, 2.05) is 0 Å². The number of nitrogens with one attached hydrogen (secondary N) is 2. The van der Waals surface area contributed by atoms with Crippen LogP contribution in [0, 0.1) is 0 Å². The second kappa shape index (κ2) is 8.02. The first-order valence-corrected chi connectivity index (χ1v) is 12.4. The molecule has 1 aliphatic rings. The van der Waals surface area contributed by atoms with E-state index in [9.17, 15) is 19.2 Å². The van der Waals surface area contributed by atoms with Crippen LogP contribution in [0.5, 0.6) is 0 Å². The molecule has 0 saturated heterocycles. The van der Waals surface area contributed by atoms with Gasteiger partial charge in [0.15, 0.2) is 10.9 Å². The molecule has 6 aromatic rings. The van der Waals surface area contributed by atoms with Crippen LogP contribution in [0.4, 0.5) is 0 Å². The van der Waals surface area contributed by atoms with Gasteiger partial charge in [-0.15, -0.1) is 0 Å². The minimum atomic E-state index is -0.438. The summed E-state index contributed by atoms with van der Waals surface area (Å²) in [5.41, 5.74) is 2.49. The van der Waals surface area contributed by atoms with Crippen LogP contribution >= 0.6 is 23.2 Å². The summed E-state index contributed by atoms with van der Waals surface area (Å²) >= 11 is 12.6. The summed E-state index contributed by atoms with van der Waals surface area (Å²) in [4.78, 5) is 60.6. The summed E-state index contributed by atoms with van der Waals surface area (Å²) < 4.78 is 0. The first kappa shape index (κ1) is 22.7. The fourth-order valence-corrected chi connectivity index (χ4v) is 5.64. The number of imide groups is 1. The van der Waals surface area contributed by atoms with Crippen molar-refractivity contribution in [3.8, 4) is 0 Å². The summed E-state index contributed by atoms with van der Waals surface area (Å²) in [6.45, 7) is -0.160. The molecule has 0 atom stereocenters. The van der Waals surface area contributed by atoms with Crippen LogP contribution in [-0.4, -0.2) is 26.7 Å². The van der Waals surface area contributed by atoms with Gasteiger partial charge < -0.3 is 9.97 Å². The van der Waals surface area contributed by atoms with Gasteiger partial charge in [-0.2, -0.15) is 0 Å².